The van der Waals surface area contributed by atoms with Crippen molar-refractivity contribution in [3.05, 3.63) is 0 Å². The molecule has 0 aromatic carbocycles. The Morgan fingerprint density at radius 1 is 0.486 bits per heavy atom. The molecule has 3 fully saturated rings. The van der Waals surface area contributed by atoms with Gasteiger partial charge in [0.2, 0.25) is 0 Å². The van der Waals surface area contributed by atoms with E-state index in [9.17, 15) is 51.1 Å². The van der Waals surface area contributed by atoms with Crippen LogP contribution in [-0.4, -0.2) is 170 Å². The first-order valence-corrected chi connectivity index (χ1v) is 11.0. The molecule has 0 amide bonds. The molecule has 0 aliphatic carbocycles. The minimum atomic E-state index is -1.84. The van der Waals surface area contributed by atoms with Gasteiger partial charge in [0.1, 0.15) is 73.2 Å². The Bertz CT molecular complexity index is 652. The van der Waals surface area contributed by atoms with Crippen molar-refractivity contribution in [3.63, 3.8) is 0 Å². The lowest BCUT2D eigenvalue weighted by Gasteiger charge is -2.48. The molecule has 35 heavy (non-hydrogen) atoms. The standard InChI is InChI=1S/C19H34O16/c1-30-17-14(29)16(35-19-13(28)11(26)9(24)6(3-21)32-19)15(7(4-22)33-17)34-18-12(27)10(25)8(23)5(2-20)31-18/h5-29H,2-4H2,1H3/t5-,6-,7-,8-,9-,10+,11+,12-,13-,14-,15-,16-,17+,18-,19+/m1/s1. The zero-order valence-electron chi connectivity index (χ0n) is 18.7. The van der Waals surface area contributed by atoms with Gasteiger partial charge in [-0.3, -0.25) is 0 Å². The molecule has 0 bridgehead atoms. The summed E-state index contributed by atoms with van der Waals surface area (Å²) in [7, 11) is 1.19. The van der Waals surface area contributed by atoms with Gasteiger partial charge in [0.15, 0.2) is 18.9 Å². The van der Waals surface area contributed by atoms with Crippen LogP contribution in [0.1, 0.15) is 0 Å². The Kier molecular flexibility index (Phi) is 10.1. The quantitative estimate of drug-likeness (QED) is 0.143. The molecule has 3 aliphatic rings. The van der Waals surface area contributed by atoms with Crippen LogP contribution >= 0.6 is 0 Å². The van der Waals surface area contributed by atoms with Gasteiger partial charge >= 0.3 is 0 Å². The fourth-order valence-corrected chi connectivity index (χ4v) is 4.23. The van der Waals surface area contributed by atoms with Gasteiger partial charge in [-0.2, -0.15) is 0 Å². The summed E-state index contributed by atoms with van der Waals surface area (Å²) in [5.41, 5.74) is 0. The first-order chi connectivity index (χ1) is 16.6. The van der Waals surface area contributed by atoms with Crippen molar-refractivity contribution in [2.45, 2.75) is 92.1 Å². The Morgan fingerprint density at radius 2 is 0.886 bits per heavy atom. The molecular weight excluding hydrogens is 484 g/mol. The monoisotopic (exact) mass is 518 g/mol. The van der Waals surface area contributed by atoms with E-state index in [0.717, 1.165) is 0 Å². The summed E-state index contributed by atoms with van der Waals surface area (Å²) in [6.07, 6.45) is -24.1. The van der Waals surface area contributed by atoms with Crippen molar-refractivity contribution in [2.24, 2.45) is 0 Å². The second kappa shape index (κ2) is 12.3. The minimum Gasteiger partial charge on any atom is -0.394 e. The fourth-order valence-electron chi connectivity index (χ4n) is 4.23. The predicted molar refractivity (Wildman–Crippen MR) is 106 cm³/mol. The summed E-state index contributed by atoms with van der Waals surface area (Å²) in [5, 5.41) is 100. The van der Waals surface area contributed by atoms with Crippen molar-refractivity contribution in [2.75, 3.05) is 26.9 Å². The highest BCUT2D eigenvalue weighted by Crippen LogP contribution is 2.33. The average Bonchev–Trinajstić information content (AvgIpc) is 2.86. The van der Waals surface area contributed by atoms with Crippen LogP contribution in [0.3, 0.4) is 0 Å². The number of hydrogen-bond donors (Lipinski definition) is 10. The second-order valence-corrected chi connectivity index (χ2v) is 8.55. The smallest absolute Gasteiger partial charge is 0.187 e. The van der Waals surface area contributed by atoms with Crippen LogP contribution in [0.4, 0.5) is 0 Å². The van der Waals surface area contributed by atoms with Crippen molar-refractivity contribution in [1.82, 2.24) is 0 Å². The molecule has 0 unspecified atom stereocenters. The molecule has 16 nitrogen and oxygen atoms in total. The van der Waals surface area contributed by atoms with Crippen LogP contribution in [0, 0.1) is 0 Å². The van der Waals surface area contributed by atoms with Gasteiger partial charge in [-0.1, -0.05) is 0 Å². The lowest BCUT2D eigenvalue weighted by molar-refractivity contribution is -0.385. The molecule has 0 saturated carbocycles. The number of methoxy groups -OCH3 is 1. The summed E-state index contributed by atoms with van der Waals surface area (Å²) >= 11 is 0. The molecular formula is C19H34O16. The van der Waals surface area contributed by atoms with Crippen LogP contribution in [0.15, 0.2) is 0 Å². The van der Waals surface area contributed by atoms with Crippen LogP contribution in [0.2, 0.25) is 0 Å². The molecule has 16 heteroatoms. The van der Waals surface area contributed by atoms with E-state index in [4.69, 9.17) is 28.4 Å². The average molecular weight is 518 g/mol. The minimum absolute atomic E-state index is 0.733. The Morgan fingerprint density at radius 3 is 1.29 bits per heavy atom. The van der Waals surface area contributed by atoms with Gasteiger partial charge in [0, 0.05) is 7.11 Å². The van der Waals surface area contributed by atoms with Crippen molar-refractivity contribution < 1.29 is 79.5 Å². The molecule has 0 radical (unpaired) electrons. The molecule has 206 valence electrons. The molecule has 0 spiro atoms. The molecule has 3 aliphatic heterocycles. The van der Waals surface area contributed by atoms with Crippen LogP contribution < -0.4 is 0 Å². The number of aliphatic hydroxyl groups excluding tert-OH is 10. The van der Waals surface area contributed by atoms with Gasteiger partial charge < -0.3 is 79.5 Å². The first kappa shape index (κ1) is 28.9. The van der Waals surface area contributed by atoms with E-state index in [2.05, 4.69) is 0 Å². The number of aliphatic hydroxyl groups is 10. The van der Waals surface area contributed by atoms with E-state index >= 15 is 0 Å². The van der Waals surface area contributed by atoms with Gasteiger partial charge in [-0.05, 0) is 0 Å². The summed E-state index contributed by atoms with van der Waals surface area (Å²) < 4.78 is 32.5. The van der Waals surface area contributed by atoms with Gasteiger partial charge in [-0.15, -0.1) is 0 Å². The fraction of sp³-hybridized carbons (Fsp3) is 1.00. The normalized spacial score (nSPS) is 51.3. The van der Waals surface area contributed by atoms with Crippen molar-refractivity contribution in [3.8, 4) is 0 Å². The largest absolute Gasteiger partial charge is 0.394 e. The lowest BCUT2D eigenvalue weighted by atomic mass is 9.96. The highest BCUT2D eigenvalue weighted by atomic mass is 16.8. The van der Waals surface area contributed by atoms with Crippen LogP contribution in [0.5, 0.6) is 0 Å². The molecule has 3 rings (SSSR count). The topological polar surface area (TPSA) is 258 Å². The number of ether oxygens (including phenoxy) is 6. The van der Waals surface area contributed by atoms with E-state index in [1.807, 2.05) is 0 Å². The van der Waals surface area contributed by atoms with Gasteiger partial charge in [0.25, 0.3) is 0 Å². The predicted octanol–water partition coefficient (Wildman–Crippen LogP) is -6.92. The van der Waals surface area contributed by atoms with E-state index in [-0.39, 0.29) is 0 Å². The third-order valence-corrected chi connectivity index (χ3v) is 6.31. The molecule has 3 saturated heterocycles. The molecule has 0 aromatic heterocycles. The Hall–Kier alpha value is -0.640. The Balaban J connectivity index is 1.86. The molecule has 10 N–H and O–H groups in total. The molecule has 3 heterocycles. The zero-order valence-corrected chi connectivity index (χ0v) is 18.7. The second-order valence-electron chi connectivity index (χ2n) is 8.55. The van der Waals surface area contributed by atoms with E-state index in [1.165, 1.54) is 7.11 Å². The maximum atomic E-state index is 10.8. The lowest BCUT2D eigenvalue weighted by Crippen LogP contribution is -2.67. The van der Waals surface area contributed by atoms with Crippen LogP contribution in [-0.2, 0) is 28.4 Å². The van der Waals surface area contributed by atoms with Crippen molar-refractivity contribution in [1.29, 1.82) is 0 Å². The SMILES string of the molecule is CO[C@H]1O[C@H](CO)[C@@H](O[C@H]2O[C@H](CO)[C@@H](O)[C@H](O)[C@H]2O)[C@H](O[C@@H]2O[C@H](CO)[C@@H](O)[C@H](O)[C@H]2O)[C@H]1O. The summed E-state index contributed by atoms with van der Waals surface area (Å²) in [4.78, 5) is 0. The van der Waals surface area contributed by atoms with Gasteiger partial charge in [-0.25, -0.2) is 0 Å². The van der Waals surface area contributed by atoms with Gasteiger partial charge in [0.05, 0.1) is 19.8 Å². The van der Waals surface area contributed by atoms with Crippen LogP contribution in [0.25, 0.3) is 0 Å². The maximum Gasteiger partial charge on any atom is 0.187 e. The number of hydrogen-bond acceptors (Lipinski definition) is 16. The number of rotatable bonds is 8. The molecule has 15 atom stereocenters. The highest BCUT2D eigenvalue weighted by molar-refractivity contribution is 4.96. The Labute approximate surface area is 199 Å². The van der Waals surface area contributed by atoms with E-state index in [1.54, 1.807) is 0 Å². The first-order valence-electron chi connectivity index (χ1n) is 11.0. The summed E-state index contributed by atoms with van der Waals surface area (Å²) in [5.74, 6) is 0. The van der Waals surface area contributed by atoms with Crippen molar-refractivity contribution >= 4 is 0 Å². The maximum absolute atomic E-state index is 10.8. The summed E-state index contributed by atoms with van der Waals surface area (Å²) in [6.45, 7) is -2.22. The van der Waals surface area contributed by atoms with E-state index < -0.39 is 112 Å². The summed E-state index contributed by atoms with van der Waals surface area (Å²) in [6, 6.07) is 0. The highest BCUT2D eigenvalue weighted by Gasteiger charge is 2.54. The zero-order chi connectivity index (χ0) is 26.0. The third kappa shape index (κ3) is 5.78. The third-order valence-electron chi connectivity index (χ3n) is 6.31. The molecule has 0 aromatic rings. The van der Waals surface area contributed by atoms with E-state index in [0.29, 0.717) is 0 Å².